The molecular weight excluding hydrogens is 500 g/mol. The second kappa shape index (κ2) is 13.0. The fraction of sp³-hybridized carbons (Fsp3) is 0.394. The zero-order valence-electron chi connectivity index (χ0n) is 23.5. The van der Waals surface area contributed by atoms with E-state index in [1.807, 2.05) is 41.0 Å². The number of fused-ring (bicyclic) bond motifs is 1. The van der Waals surface area contributed by atoms with Gasteiger partial charge in [-0.1, -0.05) is 86.6 Å². The van der Waals surface area contributed by atoms with E-state index in [0.717, 1.165) is 43.4 Å². The van der Waals surface area contributed by atoms with Crippen molar-refractivity contribution in [1.82, 2.24) is 19.4 Å². The number of hydrogen-bond acceptors (Lipinski definition) is 4. The van der Waals surface area contributed by atoms with E-state index < -0.39 is 0 Å². The predicted octanol–water partition coefficient (Wildman–Crippen LogP) is 6.22. The number of imidazole rings is 1. The Hall–Kier alpha value is -3.84. The van der Waals surface area contributed by atoms with Gasteiger partial charge >= 0.3 is 11.8 Å². The van der Waals surface area contributed by atoms with Crippen LogP contribution in [-0.2, 0) is 17.8 Å². The summed E-state index contributed by atoms with van der Waals surface area (Å²) in [6.45, 7) is 7.50. The number of rotatable bonds is 10. The molecule has 7 nitrogen and oxygen atoms in total. The van der Waals surface area contributed by atoms with Gasteiger partial charge in [0, 0.05) is 38.3 Å². The lowest BCUT2D eigenvalue weighted by Crippen LogP contribution is -2.44. The average molecular weight is 541 g/mol. The van der Waals surface area contributed by atoms with Crippen molar-refractivity contribution in [3.8, 4) is 0 Å². The molecule has 7 heteroatoms. The number of carbonyl (C=O) groups excluding carboxylic acids is 1. The Bertz CT molecular complexity index is 1380. The van der Waals surface area contributed by atoms with Crippen LogP contribution in [0.1, 0.15) is 50.3 Å². The SMILES string of the molecule is CC(C)CC(COC(=O)N1CCC(n2c(=O)[nH]c3ccccc32)CC1)N(Cc1ccccc1)Cc1ccccc1. The number of benzene rings is 3. The van der Waals surface area contributed by atoms with E-state index in [1.54, 1.807) is 4.90 Å². The van der Waals surface area contributed by atoms with E-state index in [9.17, 15) is 9.59 Å². The molecule has 0 bridgehead atoms. The number of para-hydroxylation sites is 2. The van der Waals surface area contributed by atoms with Gasteiger partial charge in [0.15, 0.2) is 0 Å². The number of carbonyl (C=O) groups is 1. The molecule has 0 radical (unpaired) electrons. The van der Waals surface area contributed by atoms with Gasteiger partial charge in [-0.3, -0.25) is 9.47 Å². The third-order valence-corrected chi connectivity index (χ3v) is 7.83. The van der Waals surface area contributed by atoms with Crippen LogP contribution in [0.3, 0.4) is 0 Å². The normalized spacial score (nSPS) is 15.2. The Morgan fingerprint density at radius 1 is 0.900 bits per heavy atom. The summed E-state index contributed by atoms with van der Waals surface area (Å²) in [5, 5.41) is 0. The first-order valence-electron chi connectivity index (χ1n) is 14.4. The zero-order chi connectivity index (χ0) is 27.9. The highest BCUT2D eigenvalue weighted by Gasteiger charge is 2.28. The highest BCUT2D eigenvalue weighted by atomic mass is 16.6. The van der Waals surface area contributed by atoms with Gasteiger partial charge in [-0.15, -0.1) is 0 Å². The molecule has 40 heavy (non-hydrogen) atoms. The van der Waals surface area contributed by atoms with Gasteiger partial charge in [-0.25, -0.2) is 9.59 Å². The summed E-state index contributed by atoms with van der Waals surface area (Å²) >= 11 is 0. The number of aromatic nitrogens is 2. The molecule has 1 saturated heterocycles. The summed E-state index contributed by atoms with van der Waals surface area (Å²) in [6, 6.07) is 28.9. The van der Waals surface area contributed by atoms with Crippen molar-refractivity contribution in [2.24, 2.45) is 5.92 Å². The van der Waals surface area contributed by atoms with Crippen molar-refractivity contribution < 1.29 is 9.53 Å². The molecule has 2 heterocycles. The van der Waals surface area contributed by atoms with Gasteiger partial charge in [0.1, 0.15) is 6.61 Å². The number of aromatic amines is 1. The summed E-state index contributed by atoms with van der Waals surface area (Å²) < 4.78 is 7.84. The lowest BCUT2D eigenvalue weighted by Gasteiger charge is -2.35. The van der Waals surface area contributed by atoms with Crippen molar-refractivity contribution >= 4 is 17.1 Å². The number of nitrogens with zero attached hydrogens (tertiary/aromatic N) is 3. The van der Waals surface area contributed by atoms with Crippen molar-refractivity contribution in [2.45, 2.75) is 58.3 Å². The maximum absolute atomic E-state index is 13.2. The van der Waals surface area contributed by atoms with E-state index in [4.69, 9.17) is 4.74 Å². The van der Waals surface area contributed by atoms with Crippen molar-refractivity contribution in [2.75, 3.05) is 19.7 Å². The number of amides is 1. The van der Waals surface area contributed by atoms with Crippen LogP contribution in [0, 0.1) is 5.92 Å². The molecule has 0 aliphatic carbocycles. The van der Waals surface area contributed by atoms with Crippen LogP contribution in [-0.4, -0.2) is 51.2 Å². The molecule has 0 saturated carbocycles. The number of piperidine rings is 1. The van der Waals surface area contributed by atoms with E-state index in [-0.39, 0.29) is 23.9 Å². The maximum Gasteiger partial charge on any atom is 0.409 e. The highest BCUT2D eigenvalue weighted by Crippen LogP contribution is 2.26. The van der Waals surface area contributed by atoms with Crippen LogP contribution >= 0.6 is 0 Å². The van der Waals surface area contributed by atoms with Crippen LogP contribution in [0.25, 0.3) is 11.0 Å². The lowest BCUT2D eigenvalue weighted by molar-refractivity contribution is 0.0453. The maximum atomic E-state index is 13.2. The average Bonchev–Trinajstić information content (AvgIpc) is 3.31. The van der Waals surface area contributed by atoms with Crippen LogP contribution in [0.5, 0.6) is 0 Å². The minimum atomic E-state index is -0.266. The standard InChI is InChI=1S/C33H40N4O3/c1-25(2)21-29(36(22-26-11-5-3-6-12-26)23-27-13-7-4-8-14-27)24-40-33(39)35-19-17-28(18-20-35)37-31-16-10-9-15-30(31)34-32(37)38/h3-16,25,28-29H,17-24H2,1-2H3,(H,34,38). The largest absolute Gasteiger partial charge is 0.448 e. The molecule has 0 spiro atoms. The molecule has 4 aromatic rings. The number of hydrogen-bond donors (Lipinski definition) is 1. The summed E-state index contributed by atoms with van der Waals surface area (Å²) in [6.07, 6.45) is 2.11. The topological polar surface area (TPSA) is 70.6 Å². The van der Waals surface area contributed by atoms with Crippen LogP contribution in [0.2, 0.25) is 0 Å². The van der Waals surface area contributed by atoms with Gasteiger partial charge in [0.2, 0.25) is 0 Å². The molecule has 1 atom stereocenters. The fourth-order valence-corrected chi connectivity index (χ4v) is 5.82. The summed E-state index contributed by atoms with van der Waals surface area (Å²) in [5.41, 5.74) is 4.17. The number of ether oxygens (including phenoxy) is 1. The molecule has 1 unspecified atom stereocenters. The van der Waals surface area contributed by atoms with Crippen molar-refractivity contribution in [3.63, 3.8) is 0 Å². The molecule has 1 aliphatic rings. The number of nitrogens with one attached hydrogen (secondary N) is 1. The van der Waals surface area contributed by atoms with E-state index in [2.05, 4.69) is 72.3 Å². The monoisotopic (exact) mass is 540 g/mol. The number of H-pyrrole nitrogens is 1. The Morgan fingerprint density at radius 3 is 2.08 bits per heavy atom. The van der Waals surface area contributed by atoms with Crippen LogP contribution < -0.4 is 5.69 Å². The van der Waals surface area contributed by atoms with Crippen LogP contribution in [0.15, 0.2) is 89.7 Å². The van der Waals surface area contributed by atoms with Gasteiger partial charge in [-0.2, -0.15) is 0 Å². The Labute approximate surface area is 236 Å². The predicted molar refractivity (Wildman–Crippen MR) is 159 cm³/mol. The van der Waals surface area contributed by atoms with Crippen molar-refractivity contribution in [3.05, 3.63) is 107 Å². The lowest BCUT2D eigenvalue weighted by atomic mass is 10.0. The number of likely N-dealkylation sites (tertiary alicyclic amines) is 1. The first-order valence-corrected chi connectivity index (χ1v) is 14.4. The van der Waals surface area contributed by atoms with Gasteiger partial charge < -0.3 is 14.6 Å². The summed E-state index contributed by atoms with van der Waals surface area (Å²) in [7, 11) is 0. The van der Waals surface area contributed by atoms with Crippen LogP contribution in [0.4, 0.5) is 4.79 Å². The quantitative estimate of drug-likeness (QED) is 0.259. The second-order valence-electron chi connectivity index (χ2n) is 11.3. The third-order valence-electron chi connectivity index (χ3n) is 7.83. The van der Waals surface area contributed by atoms with Gasteiger partial charge in [0.05, 0.1) is 11.0 Å². The Kier molecular flexibility index (Phi) is 9.01. The molecular formula is C33H40N4O3. The molecule has 1 aliphatic heterocycles. The van der Waals surface area contributed by atoms with Gasteiger partial charge in [-0.05, 0) is 48.4 Å². The third kappa shape index (κ3) is 6.83. The minimum Gasteiger partial charge on any atom is -0.448 e. The van der Waals surface area contributed by atoms with E-state index in [0.29, 0.717) is 25.6 Å². The second-order valence-corrected chi connectivity index (χ2v) is 11.3. The summed E-state index contributed by atoms with van der Waals surface area (Å²) in [5.74, 6) is 0.461. The van der Waals surface area contributed by atoms with Gasteiger partial charge in [0.25, 0.3) is 0 Å². The first kappa shape index (κ1) is 27.7. The van der Waals surface area contributed by atoms with E-state index >= 15 is 0 Å². The molecule has 5 rings (SSSR count). The molecule has 1 N–H and O–H groups in total. The highest BCUT2D eigenvalue weighted by molar-refractivity contribution is 5.75. The fourth-order valence-electron chi connectivity index (χ4n) is 5.82. The summed E-state index contributed by atoms with van der Waals surface area (Å²) in [4.78, 5) is 33.0. The Balaban J connectivity index is 1.23. The van der Waals surface area contributed by atoms with E-state index in [1.165, 1.54) is 11.1 Å². The zero-order valence-corrected chi connectivity index (χ0v) is 23.5. The molecule has 1 fully saturated rings. The minimum absolute atomic E-state index is 0.0635. The smallest absolute Gasteiger partial charge is 0.409 e. The van der Waals surface area contributed by atoms with Crippen molar-refractivity contribution in [1.29, 1.82) is 0 Å². The first-order chi connectivity index (χ1) is 19.5. The molecule has 1 aromatic heterocycles. The molecule has 3 aromatic carbocycles. The Morgan fingerprint density at radius 2 is 1.48 bits per heavy atom. The molecule has 210 valence electrons. The molecule has 1 amide bonds.